The first-order valence-electron chi connectivity index (χ1n) is 32.9. The van der Waals surface area contributed by atoms with E-state index in [0.717, 1.165) is 5.56 Å². The maximum absolute atomic E-state index is 12.4. The maximum Gasteiger partial charge on any atom is 0.148 e. The van der Waals surface area contributed by atoms with Crippen molar-refractivity contribution < 1.29 is 55.0 Å². The van der Waals surface area contributed by atoms with Gasteiger partial charge >= 0.3 is 0 Å². The van der Waals surface area contributed by atoms with E-state index in [2.05, 4.69) is 11.1 Å². The van der Waals surface area contributed by atoms with Crippen molar-refractivity contribution in [2.24, 2.45) is 0 Å². The fraction of sp³-hybridized carbons (Fsp3) is 0.333. The second kappa shape index (κ2) is 19.4. The molecule has 0 radical (unpaired) electrons. The summed E-state index contributed by atoms with van der Waals surface area (Å²) in [4.78, 5) is 9.70. The van der Waals surface area contributed by atoms with Crippen LogP contribution in [0.3, 0.4) is 0 Å². The van der Waals surface area contributed by atoms with Crippen LogP contribution in [-0.2, 0) is 31.9 Å². The molecule has 2 heterocycles. The minimum atomic E-state index is -3.96. The molecular weight excluding hydrogens is 1010 g/mol. The largest absolute Gasteiger partial charge is 0.507 e. The molecule has 4 nitrogen and oxygen atoms in total. The number of aryl methyl sites for hydroxylation is 1. The number of pyridine rings is 1. The predicted molar refractivity (Wildman–Crippen MR) is 285 cm³/mol. The molecule has 8 rings (SSSR count). The molecule has 0 aliphatic rings. The van der Waals surface area contributed by atoms with Crippen molar-refractivity contribution >= 4 is 11.0 Å². The molecular formula is C63H70N3OPt-. The number of aromatic hydroxyl groups is 1. The van der Waals surface area contributed by atoms with Crippen LogP contribution >= 0.6 is 0 Å². The SMILES string of the molecule is [2H]c1nc(-c2[c-]c(-c3cccc4c3nc(-c3cc(C(C)C)cc(C(C)C)c3O)n4-c3ccc(-c4cc(C([2H])(C)C)cc(C([2H])(C)C)c4)cc3C([2H])([2H])[2H])cc(C(C)(C)C)c2)c([2H])c(-c2c([2H])c([2H])c(C(C([2H])([2H])[2H])(C([2H])([2H])[2H])C([2H])([2H])[2H])c([2H])c2[2H])c1[2H].[Pt]. The molecule has 0 saturated carbocycles. The molecule has 0 saturated heterocycles. The Morgan fingerprint density at radius 1 is 0.662 bits per heavy atom. The van der Waals surface area contributed by atoms with E-state index < -0.39 is 109 Å². The van der Waals surface area contributed by atoms with Gasteiger partial charge in [-0.15, -0.1) is 29.3 Å². The minimum absolute atomic E-state index is 0. The van der Waals surface area contributed by atoms with Gasteiger partial charge in [-0.2, -0.15) is 0 Å². The first kappa shape index (κ1) is 29.5. The van der Waals surface area contributed by atoms with E-state index in [4.69, 9.17) is 29.7 Å². The fourth-order valence-corrected chi connectivity index (χ4v) is 8.12. The number of hydrogen-bond donors (Lipinski definition) is 1. The smallest absolute Gasteiger partial charge is 0.148 e. The van der Waals surface area contributed by atoms with Crippen LogP contribution in [0.1, 0.15) is 188 Å². The summed E-state index contributed by atoms with van der Waals surface area (Å²) in [6.07, 6.45) is -0.806. The van der Waals surface area contributed by atoms with Gasteiger partial charge in [-0.05, 0) is 127 Å². The Morgan fingerprint density at radius 3 is 1.97 bits per heavy atom. The fourth-order valence-electron chi connectivity index (χ4n) is 8.12. The molecule has 68 heavy (non-hydrogen) atoms. The van der Waals surface area contributed by atoms with E-state index >= 15 is 0 Å². The molecule has 0 spiro atoms. The standard InChI is InChI=1S/C63H70N3O.Pt/c1-37(2)45-28-46(38(3)4)30-48(29-45)43-21-24-57(41(9)27-43)66-58-18-16-17-53(59(58)65-61(66)55-35-47(39(5)6)34-54(40(7)8)60(55)67)49-31-50(33-52(32-49)63(13,14)15)56-36-44(25-26-64-56)42-19-22-51(23-20-42)62(10,11)12;/h16-30,32-40,67H,1-15H3;/q-1;/i9D3,10D3,11D3,12D3,19D,20D,22D,23D,25D,26D,36D,37D,38D;. The Balaban J connectivity index is 0.0000113. The summed E-state index contributed by atoms with van der Waals surface area (Å²) in [5.41, 5.74) is -1.56. The maximum atomic E-state index is 12.4. The molecule has 8 aromatic rings. The molecule has 5 heteroatoms. The third-order valence-electron chi connectivity index (χ3n) is 12.2. The molecule has 0 bridgehead atoms. The Labute approximate surface area is 451 Å². The van der Waals surface area contributed by atoms with Gasteiger partial charge in [0.05, 0.1) is 31.9 Å². The van der Waals surface area contributed by atoms with Gasteiger partial charge in [-0.25, -0.2) is 4.98 Å². The van der Waals surface area contributed by atoms with Crippen molar-refractivity contribution in [1.82, 2.24) is 14.5 Å². The zero-order valence-electron chi connectivity index (χ0n) is 61.3. The number of fused-ring (bicyclic) bond motifs is 1. The van der Waals surface area contributed by atoms with Gasteiger partial charge < -0.3 is 5.11 Å². The first-order chi connectivity index (χ1) is 40.1. The molecule has 0 amide bonds. The molecule has 0 fully saturated rings. The average molecular weight is 1100 g/mol. The van der Waals surface area contributed by atoms with Crippen molar-refractivity contribution in [3.63, 3.8) is 0 Å². The summed E-state index contributed by atoms with van der Waals surface area (Å²) in [5.74, 6) is -2.25. The van der Waals surface area contributed by atoms with Crippen LogP contribution in [0.2, 0.25) is 0 Å². The predicted octanol–water partition coefficient (Wildman–Crippen LogP) is 17.7. The molecule has 0 aliphatic heterocycles. The number of phenolic OH excluding ortho intramolecular Hbond substituents is 1. The van der Waals surface area contributed by atoms with Crippen LogP contribution in [0.25, 0.3) is 72.7 Å². The van der Waals surface area contributed by atoms with E-state index in [1.165, 1.54) is 0 Å². The van der Waals surface area contributed by atoms with Gasteiger partial charge in [-0.3, -0.25) is 9.55 Å². The third kappa shape index (κ3) is 10.1. The zero-order valence-corrected chi connectivity index (χ0v) is 42.5. The summed E-state index contributed by atoms with van der Waals surface area (Å²) in [6.45, 7) is 5.94. The number of phenols is 1. The van der Waals surface area contributed by atoms with Crippen molar-refractivity contribution in [3.05, 3.63) is 166 Å². The molecule has 2 aromatic heterocycles. The van der Waals surface area contributed by atoms with Crippen LogP contribution in [0, 0.1) is 12.9 Å². The van der Waals surface area contributed by atoms with Crippen LogP contribution in [0.15, 0.2) is 121 Å². The van der Waals surface area contributed by atoms with Crippen LogP contribution < -0.4 is 0 Å². The minimum Gasteiger partial charge on any atom is -0.507 e. The van der Waals surface area contributed by atoms with E-state index in [0.29, 0.717) is 61.1 Å². The Kier molecular flexibility index (Phi) is 8.42. The number of nitrogens with zero attached hydrogens (tertiary/aromatic N) is 3. The quantitative estimate of drug-likeness (QED) is 0.139. The van der Waals surface area contributed by atoms with Gasteiger partial charge in [-0.1, -0.05) is 181 Å². The summed E-state index contributed by atoms with van der Waals surface area (Å²) < 4.78 is 186. The van der Waals surface area contributed by atoms with Gasteiger partial charge in [0.15, 0.2) is 0 Å². The van der Waals surface area contributed by atoms with Crippen LogP contribution in [0.5, 0.6) is 5.75 Å². The topological polar surface area (TPSA) is 50.9 Å². The van der Waals surface area contributed by atoms with Gasteiger partial charge in [0, 0.05) is 52.1 Å². The second-order valence-electron chi connectivity index (χ2n) is 19.4. The van der Waals surface area contributed by atoms with E-state index in [-0.39, 0.29) is 67.0 Å². The average Bonchev–Trinajstić information content (AvgIpc) is 0.945. The second-order valence-corrected chi connectivity index (χ2v) is 19.4. The van der Waals surface area contributed by atoms with E-state index in [1.807, 2.05) is 84.9 Å². The third-order valence-corrected chi connectivity index (χ3v) is 12.2. The molecule has 0 atom stereocenters. The Hall–Kier alpha value is -5.57. The molecule has 0 aliphatic carbocycles. The number of para-hydroxylation sites is 1. The number of benzene rings is 6. The number of imidazole rings is 1. The molecule has 0 unspecified atom stereocenters. The molecule has 1 N–H and O–H groups in total. The van der Waals surface area contributed by atoms with Crippen LogP contribution in [0.4, 0.5) is 0 Å². The van der Waals surface area contributed by atoms with Gasteiger partial charge in [0.1, 0.15) is 11.6 Å². The monoisotopic (exact) mass is 1100 g/mol. The molecule has 354 valence electrons. The summed E-state index contributed by atoms with van der Waals surface area (Å²) in [5, 5.41) is 12.4. The summed E-state index contributed by atoms with van der Waals surface area (Å²) in [7, 11) is 0. The van der Waals surface area contributed by atoms with Crippen molar-refractivity contribution in [2.45, 2.75) is 138 Å². The van der Waals surface area contributed by atoms with Gasteiger partial charge in [0.2, 0.25) is 0 Å². The zero-order chi connectivity index (χ0) is 66.2. The van der Waals surface area contributed by atoms with Crippen LogP contribution in [-0.4, -0.2) is 19.6 Å². The molecule has 6 aromatic carbocycles. The van der Waals surface area contributed by atoms with Crippen molar-refractivity contribution in [3.8, 4) is 67.5 Å². The van der Waals surface area contributed by atoms with E-state index in [1.54, 1.807) is 74.7 Å². The van der Waals surface area contributed by atoms with E-state index in [9.17, 15) is 9.22 Å². The number of rotatable bonds is 10. The summed E-state index contributed by atoms with van der Waals surface area (Å²) >= 11 is 0. The summed E-state index contributed by atoms with van der Waals surface area (Å²) in [6, 6.07) is 19.7. The Bertz CT molecular complexity index is 4000. The Morgan fingerprint density at radius 2 is 1.35 bits per heavy atom. The van der Waals surface area contributed by atoms with Gasteiger partial charge in [0.25, 0.3) is 0 Å². The normalized spacial score (nSPS) is 17.8. The number of aromatic nitrogens is 3. The van der Waals surface area contributed by atoms with Crippen molar-refractivity contribution in [1.29, 1.82) is 0 Å². The van der Waals surface area contributed by atoms with Crippen molar-refractivity contribution in [2.75, 3.05) is 0 Å². The first-order valence-corrected chi connectivity index (χ1v) is 22.4. The number of hydrogen-bond acceptors (Lipinski definition) is 3.